The Morgan fingerprint density at radius 1 is 1.14 bits per heavy atom. The molecule has 0 aromatic heterocycles. The first-order valence-electron chi connectivity index (χ1n) is 4.87. The molecule has 2 aliphatic rings. The van der Waals surface area contributed by atoms with Gasteiger partial charge in [0, 0.05) is 0 Å². The molecular formula is C10H14O4. The van der Waals surface area contributed by atoms with Crippen LogP contribution in [-0.2, 0) is 19.2 Å². The maximum Gasteiger partial charge on any atom is 0.284 e. The van der Waals surface area contributed by atoms with Crippen molar-refractivity contribution < 1.29 is 19.2 Å². The molecule has 1 saturated heterocycles. The minimum absolute atomic E-state index is 0.131. The summed E-state index contributed by atoms with van der Waals surface area (Å²) in [5, 5.41) is 0. The maximum absolute atomic E-state index is 5.40. The molecule has 0 N–H and O–H groups in total. The standard InChI is InChI=1S/C10H14O4/c1-3-11-10(12-4-2)9-7-5-6-8(9)14-13-7/h5-8H,3-4H2,1-2H3. The van der Waals surface area contributed by atoms with E-state index < -0.39 is 0 Å². The average molecular weight is 198 g/mol. The summed E-state index contributed by atoms with van der Waals surface area (Å²) in [5.74, 6) is 0.549. The lowest BCUT2D eigenvalue weighted by Crippen LogP contribution is -2.10. The van der Waals surface area contributed by atoms with Crippen LogP contribution in [0, 0.1) is 0 Å². The summed E-state index contributed by atoms with van der Waals surface area (Å²) < 4.78 is 10.8. The van der Waals surface area contributed by atoms with Gasteiger partial charge in [0.2, 0.25) is 0 Å². The third-order valence-corrected chi connectivity index (χ3v) is 2.12. The number of hydrogen-bond acceptors (Lipinski definition) is 4. The molecule has 2 rings (SSSR count). The number of rotatable bonds is 4. The number of hydrogen-bond donors (Lipinski definition) is 0. The number of ether oxygens (including phenoxy) is 2. The highest BCUT2D eigenvalue weighted by Crippen LogP contribution is 2.34. The lowest BCUT2D eigenvalue weighted by molar-refractivity contribution is -0.286. The molecule has 4 heteroatoms. The van der Waals surface area contributed by atoms with Crippen LogP contribution in [0.3, 0.4) is 0 Å². The van der Waals surface area contributed by atoms with Gasteiger partial charge in [-0.05, 0) is 26.0 Å². The van der Waals surface area contributed by atoms with Crippen molar-refractivity contribution in [2.75, 3.05) is 13.2 Å². The van der Waals surface area contributed by atoms with Gasteiger partial charge in [0.25, 0.3) is 5.95 Å². The van der Waals surface area contributed by atoms with E-state index in [9.17, 15) is 0 Å². The molecule has 0 amide bonds. The van der Waals surface area contributed by atoms with Gasteiger partial charge in [-0.25, -0.2) is 9.78 Å². The molecule has 4 nitrogen and oxygen atoms in total. The van der Waals surface area contributed by atoms with Crippen molar-refractivity contribution in [3.8, 4) is 0 Å². The van der Waals surface area contributed by atoms with Gasteiger partial charge in [-0.3, -0.25) is 0 Å². The van der Waals surface area contributed by atoms with E-state index in [0.717, 1.165) is 5.57 Å². The van der Waals surface area contributed by atoms with Crippen molar-refractivity contribution in [3.63, 3.8) is 0 Å². The van der Waals surface area contributed by atoms with Crippen LogP contribution in [-0.4, -0.2) is 25.4 Å². The second-order valence-corrected chi connectivity index (χ2v) is 3.03. The molecule has 1 aliphatic heterocycles. The van der Waals surface area contributed by atoms with E-state index in [0.29, 0.717) is 19.2 Å². The zero-order chi connectivity index (χ0) is 9.97. The fourth-order valence-electron chi connectivity index (χ4n) is 1.56. The van der Waals surface area contributed by atoms with Crippen LogP contribution in [0.1, 0.15) is 13.8 Å². The highest BCUT2D eigenvalue weighted by Gasteiger charge is 2.40. The zero-order valence-electron chi connectivity index (χ0n) is 8.36. The lowest BCUT2D eigenvalue weighted by atomic mass is 10.2. The Bertz CT molecular complexity index is 245. The molecule has 14 heavy (non-hydrogen) atoms. The summed E-state index contributed by atoms with van der Waals surface area (Å²) in [7, 11) is 0. The predicted molar refractivity (Wildman–Crippen MR) is 49.2 cm³/mol. The maximum atomic E-state index is 5.40. The van der Waals surface area contributed by atoms with Gasteiger partial charge in [-0.1, -0.05) is 0 Å². The first-order chi connectivity index (χ1) is 6.86. The Hall–Kier alpha value is -1.00. The fourth-order valence-corrected chi connectivity index (χ4v) is 1.56. The Morgan fingerprint density at radius 2 is 1.64 bits per heavy atom. The fraction of sp³-hybridized carbons (Fsp3) is 0.600. The van der Waals surface area contributed by atoms with Crippen molar-refractivity contribution in [1.82, 2.24) is 0 Å². The SMILES string of the molecule is CCOC(OCC)=C1C2C=CC1OO2. The zero-order valence-corrected chi connectivity index (χ0v) is 8.36. The smallest absolute Gasteiger partial charge is 0.284 e. The van der Waals surface area contributed by atoms with Crippen LogP contribution >= 0.6 is 0 Å². The van der Waals surface area contributed by atoms with Gasteiger partial charge in [0.15, 0.2) is 0 Å². The van der Waals surface area contributed by atoms with Crippen LogP contribution < -0.4 is 0 Å². The molecule has 0 aromatic rings. The van der Waals surface area contributed by atoms with Gasteiger partial charge in [0.05, 0.1) is 18.8 Å². The molecule has 0 aromatic carbocycles. The molecule has 0 saturated carbocycles. The van der Waals surface area contributed by atoms with Crippen LogP contribution in [0.25, 0.3) is 0 Å². The topological polar surface area (TPSA) is 36.9 Å². The average Bonchev–Trinajstić information content (AvgIpc) is 2.76. The Labute approximate surface area is 83.0 Å². The van der Waals surface area contributed by atoms with E-state index in [1.165, 1.54) is 0 Å². The van der Waals surface area contributed by atoms with E-state index in [4.69, 9.17) is 19.2 Å². The minimum Gasteiger partial charge on any atom is -0.466 e. The van der Waals surface area contributed by atoms with Crippen molar-refractivity contribution >= 4 is 0 Å². The van der Waals surface area contributed by atoms with Gasteiger partial charge >= 0.3 is 0 Å². The van der Waals surface area contributed by atoms with E-state index >= 15 is 0 Å². The molecular weight excluding hydrogens is 184 g/mol. The molecule has 2 unspecified atom stereocenters. The minimum atomic E-state index is -0.131. The first-order valence-corrected chi connectivity index (χ1v) is 4.87. The Kier molecular flexibility index (Phi) is 2.74. The highest BCUT2D eigenvalue weighted by molar-refractivity contribution is 5.34. The molecule has 1 heterocycles. The largest absolute Gasteiger partial charge is 0.466 e. The van der Waals surface area contributed by atoms with Crippen LogP contribution in [0.15, 0.2) is 23.7 Å². The summed E-state index contributed by atoms with van der Waals surface area (Å²) in [6, 6.07) is 0. The second-order valence-electron chi connectivity index (χ2n) is 3.03. The van der Waals surface area contributed by atoms with E-state index in [-0.39, 0.29) is 12.2 Å². The molecule has 0 spiro atoms. The Balaban J connectivity index is 2.18. The van der Waals surface area contributed by atoms with Gasteiger partial charge in [-0.2, -0.15) is 0 Å². The summed E-state index contributed by atoms with van der Waals surface area (Å²) in [6.45, 7) is 5.01. The predicted octanol–water partition coefficient (Wildman–Crippen LogP) is 1.54. The number of fused-ring (bicyclic) bond motifs is 2. The summed E-state index contributed by atoms with van der Waals surface area (Å²) in [6.07, 6.45) is 3.63. The van der Waals surface area contributed by atoms with Gasteiger partial charge < -0.3 is 9.47 Å². The molecule has 2 bridgehead atoms. The first kappa shape index (κ1) is 9.55. The molecule has 78 valence electrons. The van der Waals surface area contributed by atoms with Crippen molar-refractivity contribution in [2.45, 2.75) is 26.1 Å². The normalized spacial score (nSPS) is 28.3. The summed E-state index contributed by atoms with van der Waals surface area (Å²) in [5.41, 5.74) is 0.939. The monoisotopic (exact) mass is 198 g/mol. The quantitative estimate of drug-likeness (QED) is 0.390. The third-order valence-electron chi connectivity index (χ3n) is 2.12. The summed E-state index contributed by atoms with van der Waals surface area (Å²) in [4.78, 5) is 10.1. The van der Waals surface area contributed by atoms with E-state index in [1.54, 1.807) is 0 Å². The molecule has 1 aliphatic carbocycles. The van der Waals surface area contributed by atoms with Crippen LogP contribution in [0.4, 0.5) is 0 Å². The van der Waals surface area contributed by atoms with Crippen molar-refractivity contribution in [2.24, 2.45) is 0 Å². The van der Waals surface area contributed by atoms with Crippen LogP contribution in [0.2, 0.25) is 0 Å². The highest BCUT2D eigenvalue weighted by atomic mass is 17.2. The van der Waals surface area contributed by atoms with E-state index in [2.05, 4.69) is 0 Å². The van der Waals surface area contributed by atoms with Crippen molar-refractivity contribution in [3.05, 3.63) is 23.7 Å². The van der Waals surface area contributed by atoms with E-state index in [1.807, 2.05) is 26.0 Å². The third kappa shape index (κ3) is 1.51. The molecule has 1 fully saturated rings. The molecule has 2 atom stereocenters. The van der Waals surface area contributed by atoms with Crippen molar-refractivity contribution in [1.29, 1.82) is 0 Å². The Morgan fingerprint density at radius 3 is 2.00 bits per heavy atom. The van der Waals surface area contributed by atoms with Gasteiger partial charge in [0.1, 0.15) is 12.2 Å². The van der Waals surface area contributed by atoms with Gasteiger partial charge in [-0.15, -0.1) is 0 Å². The second kappa shape index (κ2) is 4.02. The molecule has 0 radical (unpaired) electrons. The summed E-state index contributed by atoms with van der Waals surface area (Å²) >= 11 is 0. The lowest BCUT2D eigenvalue weighted by Gasteiger charge is -2.12. The van der Waals surface area contributed by atoms with Crippen LogP contribution in [0.5, 0.6) is 0 Å².